The van der Waals surface area contributed by atoms with E-state index in [1.807, 2.05) is 13.8 Å². The zero-order chi connectivity index (χ0) is 16.8. The predicted molar refractivity (Wildman–Crippen MR) is 87.4 cm³/mol. The summed E-state index contributed by atoms with van der Waals surface area (Å²) in [6, 6.07) is 0. The van der Waals surface area contributed by atoms with Crippen molar-refractivity contribution in [1.29, 1.82) is 0 Å². The molecule has 0 N–H and O–H groups in total. The van der Waals surface area contributed by atoms with Crippen molar-refractivity contribution in [1.82, 2.24) is 0 Å². The number of esters is 1. The summed E-state index contributed by atoms with van der Waals surface area (Å²) >= 11 is 0. The average Bonchev–Trinajstić information content (AvgIpc) is 2.85. The summed E-state index contributed by atoms with van der Waals surface area (Å²) in [5, 5.41) is 0. The molecule has 2 aliphatic carbocycles. The van der Waals surface area contributed by atoms with Gasteiger partial charge in [0, 0.05) is 30.1 Å². The van der Waals surface area contributed by atoms with E-state index >= 15 is 0 Å². The van der Waals surface area contributed by atoms with Gasteiger partial charge in [0.25, 0.3) is 0 Å². The van der Waals surface area contributed by atoms with E-state index in [0.29, 0.717) is 12.3 Å². The van der Waals surface area contributed by atoms with E-state index < -0.39 is 6.29 Å². The molecule has 0 saturated carbocycles. The summed E-state index contributed by atoms with van der Waals surface area (Å²) in [4.78, 5) is 12.1. The maximum absolute atomic E-state index is 12.1. The maximum atomic E-state index is 12.1. The minimum Gasteiger partial charge on any atom is -0.461 e. The lowest BCUT2D eigenvalue weighted by atomic mass is 9.59. The Kier molecular flexibility index (Phi) is 4.13. The van der Waals surface area contributed by atoms with Crippen molar-refractivity contribution in [3.8, 4) is 0 Å². The Balaban J connectivity index is 2.15. The highest BCUT2D eigenvalue weighted by molar-refractivity contribution is 5.70. The fourth-order valence-electron chi connectivity index (χ4n) is 4.02. The van der Waals surface area contributed by atoms with E-state index in [4.69, 9.17) is 14.2 Å². The third-order valence-corrected chi connectivity index (χ3v) is 5.73. The number of allylic oxidation sites excluding steroid dienone is 2. The number of carbonyl (C=O) groups is 1. The lowest BCUT2D eigenvalue weighted by Crippen LogP contribution is -2.47. The predicted octanol–water partition coefficient (Wildman–Crippen LogP) is 3.89. The van der Waals surface area contributed by atoms with Crippen molar-refractivity contribution >= 4 is 5.97 Å². The van der Waals surface area contributed by atoms with Gasteiger partial charge in [-0.2, -0.15) is 0 Å². The van der Waals surface area contributed by atoms with Crippen LogP contribution in [0.15, 0.2) is 34.6 Å². The summed E-state index contributed by atoms with van der Waals surface area (Å²) in [7, 11) is 1.64. The standard InChI is InChI=1S/C19H26O4/c1-6-15(20)23-17-16-12(3)18(21-5)22-14(16)10-13-9-7-8-11(2)19(13,17)4/h9-11,17-18H,6-8H2,1-5H3. The number of carbonyl (C=O) groups excluding carboxylic acids is 1. The van der Waals surface area contributed by atoms with E-state index in [1.165, 1.54) is 5.57 Å². The summed E-state index contributed by atoms with van der Waals surface area (Å²) in [5.74, 6) is 1.05. The Bertz CT molecular complexity index is 613. The largest absolute Gasteiger partial charge is 0.461 e. The molecular weight excluding hydrogens is 292 g/mol. The minimum atomic E-state index is -0.390. The van der Waals surface area contributed by atoms with Gasteiger partial charge in [0.1, 0.15) is 11.9 Å². The summed E-state index contributed by atoms with van der Waals surface area (Å²) in [6.45, 7) is 8.29. The summed E-state index contributed by atoms with van der Waals surface area (Å²) < 4.78 is 17.3. The smallest absolute Gasteiger partial charge is 0.306 e. The molecule has 3 rings (SSSR count). The Hall–Kier alpha value is -1.55. The molecule has 0 aromatic carbocycles. The lowest BCUT2D eigenvalue weighted by molar-refractivity contribution is -0.153. The van der Waals surface area contributed by atoms with Gasteiger partial charge >= 0.3 is 5.97 Å². The number of methoxy groups -OCH3 is 1. The zero-order valence-electron chi connectivity index (χ0n) is 14.6. The highest BCUT2D eigenvalue weighted by Crippen LogP contribution is 2.55. The molecule has 0 aromatic heterocycles. The third-order valence-electron chi connectivity index (χ3n) is 5.73. The van der Waals surface area contributed by atoms with Gasteiger partial charge in [-0.05, 0) is 37.3 Å². The van der Waals surface area contributed by atoms with E-state index in [1.54, 1.807) is 7.11 Å². The van der Waals surface area contributed by atoms with Crippen molar-refractivity contribution in [3.05, 3.63) is 34.6 Å². The fourth-order valence-corrected chi connectivity index (χ4v) is 4.02. The summed E-state index contributed by atoms with van der Waals surface area (Å²) in [6.07, 6.45) is 6.20. The lowest BCUT2D eigenvalue weighted by Gasteiger charge is -2.48. The quantitative estimate of drug-likeness (QED) is 0.741. The molecule has 0 aromatic rings. The minimum absolute atomic E-state index is 0.171. The number of fused-ring (bicyclic) bond motifs is 2. The van der Waals surface area contributed by atoms with Crippen LogP contribution in [0.5, 0.6) is 0 Å². The third kappa shape index (κ3) is 2.35. The Morgan fingerprint density at radius 3 is 2.87 bits per heavy atom. The molecule has 0 saturated heterocycles. The second kappa shape index (κ2) is 5.82. The molecule has 3 aliphatic rings. The van der Waals surface area contributed by atoms with Crippen LogP contribution in [-0.4, -0.2) is 25.5 Å². The van der Waals surface area contributed by atoms with Crippen LogP contribution in [0.25, 0.3) is 0 Å². The van der Waals surface area contributed by atoms with Crippen LogP contribution < -0.4 is 0 Å². The first-order valence-corrected chi connectivity index (χ1v) is 8.45. The molecule has 0 bridgehead atoms. The molecule has 0 spiro atoms. The van der Waals surface area contributed by atoms with Gasteiger partial charge < -0.3 is 14.2 Å². The normalized spacial score (nSPS) is 35.8. The fraction of sp³-hybridized carbons (Fsp3) is 0.632. The molecule has 4 unspecified atom stereocenters. The molecular formula is C19H26O4. The topological polar surface area (TPSA) is 44.8 Å². The van der Waals surface area contributed by atoms with Crippen molar-refractivity contribution in [2.75, 3.05) is 7.11 Å². The maximum Gasteiger partial charge on any atom is 0.306 e. The summed E-state index contributed by atoms with van der Waals surface area (Å²) in [5.41, 5.74) is 3.00. The number of hydrogen-bond acceptors (Lipinski definition) is 4. The van der Waals surface area contributed by atoms with Crippen molar-refractivity contribution in [3.63, 3.8) is 0 Å². The molecule has 4 nitrogen and oxygen atoms in total. The van der Waals surface area contributed by atoms with Crippen LogP contribution in [0.3, 0.4) is 0 Å². The second-order valence-electron chi connectivity index (χ2n) is 6.93. The van der Waals surface area contributed by atoms with Gasteiger partial charge in [-0.25, -0.2) is 0 Å². The van der Waals surface area contributed by atoms with Crippen molar-refractivity contribution in [2.45, 2.75) is 59.4 Å². The molecule has 0 radical (unpaired) electrons. The highest BCUT2D eigenvalue weighted by Gasteiger charge is 2.53. The van der Waals surface area contributed by atoms with E-state index in [-0.39, 0.29) is 17.5 Å². The molecule has 0 amide bonds. The first-order valence-electron chi connectivity index (χ1n) is 8.45. The Labute approximate surface area is 138 Å². The SMILES string of the molecule is CCC(=O)OC1C2=C(C)C(OC)OC2=CC2=CCCC(C)C21C. The molecule has 1 aliphatic heterocycles. The van der Waals surface area contributed by atoms with Gasteiger partial charge in [-0.15, -0.1) is 0 Å². The van der Waals surface area contributed by atoms with Crippen LogP contribution in [0, 0.1) is 11.3 Å². The molecule has 4 heteroatoms. The van der Waals surface area contributed by atoms with Gasteiger partial charge in [0.15, 0.2) is 0 Å². The van der Waals surface area contributed by atoms with E-state index in [0.717, 1.165) is 29.7 Å². The van der Waals surface area contributed by atoms with Crippen molar-refractivity contribution < 1.29 is 19.0 Å². The first-order chi connectivity index (χ1) is 10.9. The van der Waals surface area contributed by atoms with Crippen LogP contribution in [0.1, 0.15) is 47.0 Å². The second-order valence-corrected chi connectivity index (χ2v) is 6.93. The molecule has 23 heavy (non-hydrogen) atoms. The number of ether oxygens (including phenoxy) is 3. The Morgan fingerprint density at radius 2 is 2.22 bits per heavy atom. The molecule has 126 valence electrons. The van der Waals surface area contributed by atoms with Gasteiger partial charge in [0.2, 0.25) is 6.29 Å². The molecule has 4 atom stereocenters. The molecule has 1 heterocycles. The highest BCUT2D eigenvalue weighted by atomic mass is 16.7. The number of hydrogen-bond donors (Lipinski definition) is 0. The molecule has 0 fully saturated rings. The van der Waals surface area contributed by atoms with Crippen LogP contribution in [0.2, 0.25) is 0 Å². The van der Waals surface area contributed by atoms with Crippen LogP contribution >= 0.6 is 0 Å². The zero-order valence-corrected chi connectivity index (χ0v) is 14.6. The number of rotatable bonds is 3. The van der Waals surface area contributed by atoms with E-state index in [9.17, 15) is 4.79 Å². The first kappa shape index (κ1) is 16.3. The Morgan fingerprint density at radius 1 is 1.48 bits per heavy atom. The van der Waals surface area contributed by atoms with Crippen LogP contribution in [-0.2, 0) is 19.0 Å². The van der Waals surface area contributed by atoms with E-state index in [2.05, 4.69) is 26.0 Å². The van der Waals surface area contributed by atoms with Crippen LogP contribution in [0.4, 0.5) is 0 Å². The monoisotopic (exact) mass is 318 g/mol. The van der Waals surface area contributed by atoms with Crippen molar-refractivity contribution in [2.24, 2.45) is 11.3 Å². The average molecular weight is 318 g/mol. The van der Waals surface area contributed by atoms with Gasteiger partial charge in [-0.3, -0.25) is 4.79 Å². The van der Waals surface area contributed by atoms with Gasteiger partial charge in [0.05, 0.1) is 0 Å². The van der Waals surface area contributed by atoms with Gasteiger partial charge in [-0.1, -0.05) is 26.8 Å².